The molecule has 2 aliphatic rings. The summed E-state index contributed by atoms with van der Waals surface area (Å²) in [6.07, 6.45) is 4.96. The zero-order valence-corrected chi connectivity index (χ0v) is 21.8. The lowest BCUT2D eigenvalue weighted by Gasteiger charge is -2.36. The first-order chi connectivity index (χ1) is 17.9. The van der Waals surface area contributed by atoms with E-state index in [2.05, 4.69) is 36.1 Å². The summed E-state index contributed by atoms with van der Waals surface area (Å²) in [5.41, 5.74) is 3.17. The molecule has 2 aromatic heterocycles. The van der Waals surface area contributed by atoms with Crippen LogP contribution in [0.5, 0.6) is 0 Å². The fourth-order valence-corrected chi connectivity index (χ4v) is 5.35. The summed E-state index contributed by atoms with van der Waals surface area (Å²) in [4.78, 5) is 23.5. The largest absolute Gasteiger partial charge is 0.342 e. The van der Waals surface area contributed by atoms with Gasteiger partial charge in [0.15, 0.2) is 11.6 Å². The standard InChI is InChI=1S/C26H32ClFN8O/c1-15-11-22(31-26-30-14-20(27)24(33-26)32-23-12-16(2)34-35-23)21(28)13-19(15)17-5-9-36(10-6-17)25(37)18-3-7-29-8-4-18/h11-14,17-18,29H,3-10H2,1-2H3,(H3,30,31,32,33,34,35). The fourth-order valence-electron chi connectivity index (χ4n) is 5.21. The zero-order chi connectivity index (χ0) is 25.9. The van der Waals surface area contributed by atoms with E-state index in [1.54, 1.807) is 12.1 Å². The topological polar surface area (TPSA) is 111 Å². The van der Waals surface area contributed by atoms with Gasteiger partial charge in [-0.2, -0.15) is 10.1 Å². The minimum Gasteiger partial charge on any atom is -0.342 e. The molecule has 0 unspecified atom stereocenters. The summed E-state index contributed by atoms with van der Waals surface area (Å²) in [6.45, 7) is 7.14. The third kappa shape index (κ3) is 5.86. The Kier molecular flexibility index (Phi) is 7.57. The van der Waals surface area contributed by atoms with Gasteiger partial charge < -0.3 is 20.9 Å². The van der Waals surface area contributed by atoms with Crippen molar-refractivity contribution in [3.05, 3.63) is 52.1 Å². The molecule has 5 rings (SSSR count). The number of aromatic nitrogens is 4. The molecule has 196 valence electrons. The van der Waals surface area contributed by atoms with E-state index in [0.717, 1.165) is 68.7 Å². The molecule has 0 radical (unpaired) electrons. The molecule has 1 aromatic carbocycles. The number of piperidine rings is 2. The van der Waals surface area contributed by atoms with Crippen molar-refractivity contribution in [1.29, 1.82) is 0 Å². The van der Waals surface area contributed by atoms with Crippen LogP contribution in [0.15, 0.2) is 24.4 Å². The molecule has 0 aliphatic carbocycles. The molecule has 9 nitrogen and oxygen atoms in total. The zero-order valence-electron chi connectivity index (χ0n) is 21.1. The molecule has 3 aromatic rings. The lowest BCUT2D eigenvalue weighted by molar-refractivity contribution is -0.137. The number of aryl methyl sites for hydroxylation is 2. The first-order valence-corrected chi connectivity index (χ1v) is 13.1. The number of amides is 1. The Morgan fingerprint density at radius 3 is 2.57 bits per heavy atom. The maximum absolute atomic E-state index is 15.2. The summed E-state index contributed by atoms with van der Waals surface area (Å²) >= 11 is 6.24. The van der Waals surface area contributed by atoms with Gasteiger partial charge in [-0.25, -0.2) is 9.37 Å². The van der Waals surface area contributed by atoms with Gasteiger partial charge in [0.05, 0.1) is 11.9 Å². The van der Waals surface area contributed by atoms with Crippen molar-refractivity contribution in [2.24, 2.45) is 5.92 Å². The molecular weight excluding hydrogens is 495 g/mol. The monoisotopic (exact) mass is 526 g/mol. The SMILES string of the molecule is Cc1cc(Nc2nc(Nc3cc(C)c(C4CCN(C(=O)C5CCNCC5)CC4)cc3F)ncc2Cl)n[nH]1. The fraction of sp³-hybridized carbons (Fsp3) is 0.462. The lowest BCUT2D eigenvalue weighted by Crippen LogP contribution is -2.44. The number of hydrogen-bond donors (Lipinski definition) is 4. The van der Waals surface area contributed by atoms with Crippen LogP contribution in [0.2, 0.25) is 5.02 Å². The number of anilines is 4. The van der Waals surface area contributed by atoms with Gasteiger partial charge in [-0.05, 0) is 81.8 Å². The van der Waals surface area contributed by atoms with Crippen LogP contribution in [-0.2, 0) is 4.79 Å². The molecule has 0 bridgehead atoms. The van der Waals surface area contributed by atoms with Crippen molar-refractivity contribution >= 4 is 40.8 Å². The average molecular weight is 527 g/mol. The van der Waals surface area contributed by atoms with Crippen molar-refractivity contribution < 1.29 is 9.18 Å². The number of nitrogens with one attached hydrogen (secondary N) is 4. The van der Waals surface area contributed by atoms with E-state index in [9.17, 15) is 4.79 Å². The van der Waals surface area contributed by atoms with Crippen molar-refractivity contribution in [2.45, 2.75) is 45.4 Å². The normalized spacial score (nSPS) is 17.1. The van der Waals surface area contributed by atoms with Gasteiger partial charge in [-0.3, -0.25) is 9.89 Å². The van der Waals surface area contributed by atoms with Gasteiger partial charge in [0, 0.05) is 30.8 Å². The summed E-state index contributed by atoms with van der Waals surface area (Å²) < 4.78 is 15.2. The highest BCUT2D eigenvalue weighted by Gasteiger charge is 2.30. The highest BCUT2D eigenvalue weighted by molar-refractivity contribution is 6.32. The van der Waals surface area contributed by atoms with Crippen LogP contribution < -0.4 is 16.0 Å². The third-order valence-corrected chi connectivity index (χ3v) is 7.51. The number of halogens is 2. The number of nitrogens with zero attached hydrogens (tertiary/aromatic N) is 4. The number of rotatable bonds is 6. The van der Waals surface area contributed by atoms with Crippen molar-refractivity contribution in [2.75, 3.05) is 36.8 Å². The minimum absolute atomic E-state index is 0.136. The smallest absolute Gasteiger partial charge is 0.229 e. The van der Waals surface area contributed by atoms with Crippen molar-refractivity contribution in [1.82, 2.24) is 30.4 Å². The minimum atomic E-state index is -0.371. The molecule has 2 fully saturated rings. The van der Waals surface area contributed by atoms with Crippen LogP contribution in [0.3, 0.4) is 0 Å². The van der Waals surface area contributed by atoms with E-state index in [0.29, 0.717) is 22.3 Å². The molecule has 2 saturated heterocycles. The molecule has 0 spiro atoms. The molecule has 37 heavy (non-hydrogen) atoms. The summed E-state index contributed by atoms with van der Waals surface area (Å²) in [5.74, 6) is 1.42. The number of likely N-dealkylation sites (tertiary alicyclic amines) is 1. The van der Waals surface area contributed by atoms with E-state index in [1.165, 1.54) is 6.20 Å². The highest BCUT2D eigenvalue weighted by Crippen LogP contribution is 2.34. The first-order valence-electron chi connectivity index (χ1n) is 12.8. The van der Waals surface area contributed by atoms with E-state index in [4.69, 9.17) is 11.6 Å². The number of hydrogen-bond acceptors (Lipinski definition) is 7. The Balaban J connectivity index is 1.24. The van der Waals surface area contributed by atoms with Gasteiger partial charge in [0.25, 0.3) is 0 Å². The highest BCUT2D eigenvalue weighted by atomic mass is 35.5. The van der Waals surface area contributed by atoms with E-state index in [1.807, 2.05) is 24.8 Å². The number of carbonyl (C=O) groups excluding carboxylic acids is 1. The summed E-state index contributed by atoms with van der Waals surface area (Å²) in [5, 5.41) is 16.6. The van der Waals surface area contributed by atoms with Crippen molar-refractivity contribution in [3.8, 4) is 0 Å². The second kappa shape index (κ2) is 11.0. The van der Waals surface area contributed by atoms with Crippen LogP contribution in [0.25, 0.3) is 0 Å². The average Bonchev–Trinajstić information content (AvgIpc) is 3.32. The summed E-state index contributed by atoms with van der Waals surface area (Å²) in [7, 11) is 0. The van der Waals surface area contributed by atoms with E-state index >= 15 is 4.39 Å². The molecule has 11 heteroatoms. The maximum Gasteiger partial charge on any atom is 0.229 e. The number of H-pyrrole nitrogens is 1. The second-order valence-corrected chi connectivity index (χ2v) is 10.3. The Labute approximate surface area is 220 Å². The molecule has 0 saturated carbocycles. The van der Waals surface area contributed by atoms with Crippen LogP contribution in [0.1, 0.15) is 48.4 Å². The molecule has 4 N–H and O–H groups in total. The number of aromatic amines is 1. The van der Waals surface area contributed by atoms with Crippen LogP contribution in [0.4, 0.5) is 27.7 Å². The van der Waals surface area contributed by atoms with Crippen LogP contribution in [0, 0.1) is 25.6 Å². The van der Waals surface area contributed by atoms with E-state index < -0.39 is 0 Å². The Morgan fingerprint density at radius 1 is 1.11 bits per heavy atom. The van der Waals surface area contributed by atoms with Gasteiger partial charge in [-0.15, -0.1) is 0 Å². The number of carbonyl (C=O) groups is 1. The van der Waals surface area contributed by atoms with Gasteiger partial charge in [-0.1, -0.05) is 11.6 Å². The third-order valence-electron chi connectivity index (χ3n) is 7.23. The van der Waals surface area contributed by atoms with Gasteiger partial charge in [0.1, 0.15) is 10.8 Å². The molecule has 1 amide bonds. The van der Waals surface area contributed by atoms with Gasteiger partial charge >= 0.3 is 0 Å². The molecule has 4 heterocycles. The molecule has 0 atom stereocenters. The predicted molar refractivity (Wildman–Crippen MR) is 142 cm³/mol. The van der Waals surface area contributed by atoms with E-state index in [-0.39, 0.29) is 29.5 Å². The quantitative estimate of drug-likeness (QED) is 0.365. The Bertz CT molecular complexity index is 1270. The molecule has 2 aliphatic heterocycles. The Hall–Kier alpha value is -3.24. The van der Waals surface area contributed by atoms with Gasteiger partial charge in [0.2, 0.25) is 11.9 Å². The van der Waals surface area contributed by atoms with Crippen molar-refractivity contribution in [3.63, 3.8) is 0 Å². The lowest BCUT2D eigenvalue weighted by atomic mass is 9.85. The molecular formula is C26H32ClFN8O. The van der Waals surface area contributed by atoms with Crippen LogP contribution >= 0.6 is 11.6 Å². The van der Waals surface area contributed by atoms with Crippen LogP contribution in [-0.4, -0.2) is 57.2 Å². The summed E-state index contributed by atoms with van der Waals surface area (Å²) in [6, 6.07) is 5.22. The number of benzene rings is 1. The second-order valence-electron chi connectivity index (χ2n) is 9.89. The first kappa shape index (κ1) is 25.4. The predicted octanol–water partition coefficient (Wildman–Crippen LogP) is 4.80. The Morgan fingerprint density at radius 2 is 1.86 bits per heavy atom. The maximum atomic E-state index is 15.2.